The van der Waals surface area contributed by atoms with Gasteiger partial charge in [-0.15, -0.1) is 0 Å². The zero-order chi connectivity index (χ0) is 9.90. The number of hydrogen-bond acceptors (Lipinski definition) is 1. The molecule has 1 aromatic rings. The molecule has 0 atom stereocenters. The van der Waals surface area contributed by atoms with Crippen LogP contribution in [0.15, 0.2) is 24.3 Å². The molecule has 0 saturated heterocycles. The van der Waals surface area contributed by atoms with Crippen molar-refractivity contribution in [2.45, 2.75) is 24.8 Å². The molecule has 3 heteroatoms. The molecule has 0 spiro atoms. The van der Waals surface area contributed by atoms with Gasteiger partial charge >= 0.3 is 0 Å². The lowest BCUT2D eigenvalue weighted by molar-refractivity contribution is 0.630. The Hall–Kier alpha value is -0.240. The molecule has 0 heterocycles. The van der Waals surface area contributed by atoms with Crippen LogP contribution in [-0.2, 0) is 6.54 Å². The van der Waals surface area contributed by atoms with Crippen molar-refractivity contribution in [3.8, 4) is 0 Å². The first kappa shape index (κ1) is 10.8. The van der Waals surface area contributed by atoms with Crippen LogP contribution < -0.4 is 5.32 Å². The van der Waals surface area contributed by atoms with Crippen molar-refractivity contribution in [1.82, 2.24) is 5.32 Å². The average molecular weight is 218 g/mol. The lowest BCUT2D eigenvalue weighted by atomic mass is 10.1. The van der Waals surface area contributed by atoms with Crippen LogP contribution in [0.2, 0.25) is 0 Å². The highest BCUT2D eigenvalue weighted by Gasteiger charge is 2.13. The smallest absolute Gasteiger partial charge is 0.166 e. The molecule has 0 unspecified atom stereocenters. The number of aryl methyl sites for hydroxylation is 1. The van der Waals surface area contributed by atoms with Gasteiger partial charge in [-0.05, 0) is 19.4 Å². The minimum absolute atomic E-state index is 0.684. The molecule has 0 aromatic heterocycles. The van der Waals surface area contributed by atoms with Crippen LogP contribution in [0, 0.1) is 6.92 Å². The minimum Gasteiger partial charge on any atom is -0.282 e. The Morgan fingerprint density at radius 3 is 2.23 bits per heavy atom. The summed E-state index contributed by atoms with van der Waals surface area (Å²) in [6, 6.07) is 8.25. The Kier molecular flexibility index (Phi) is 3.60. The third-order valence-corrected chi connectivity index (χ3v) is 1.99. The lowest BCUT2D eigenvalue weighted by Gasteiger charge is -2.15. The molecule has 1 aromatic carbocycles. The highest BCUT2D eigenvalue weighted by Crippen LogP contribution is 2.16. The van der Waals surface area contributed by atoms with Gasteiger partial charge in [0.25, 0.3) is 0 Å². The summed E-state index contributed by atoms with van der Waals surface area (Å²) in [6.07, 6.45) is 0. The fourth-order valence-corrected chi connectivity index (χ4v) is 1.10. The number of hydrogen-bond donors (Lipinski definition) is 1. The molecule has 1 N–H and O–H groups in total. The topological polar surface area (TPSA) is 12.0 Å². The largest absolute Gasteiger partial charge is 0.282 e. The van der Waals surface area contributed by atoms with Crippen molar-refractivity contribution in [2.24, 2.45) is 0 Å². The van der Waals surface area contributed by atoms with Crippen LogP contribution in [-0.4, -0.2) is 4.46 Å². The first-order valence-electron chi connectivity index (χ1n) is 4.16. The Bertz CT molecular complexity index is 261. The highest BCUT2D eigenvalue weighted by molar-refractivity contribution is 6.47. The van der Waals surface area contributed by atoms with Gasteiger partial charge < -0.3 is 0 Å². The van der Waals surface area contributed by atoms with Crippen molar-refractivity contribution in [2.75, 3.05) is 0 Å². The lowest BCUT2D eigenvalue weighted by Crippen LogP contribution is -2.29. The molecule has 1 nitrogen and oxygen atoms in total. The van der Waals surface area contributed by atoms with Gasteiger partial charge in [-0.3, -0.25) is 5.32 Å². The van der Waals surface area contributed by atoms with E-state index >= 15 is 0 Å². The monoisotopic (exact) mass is 217 g/mol. The summed E-state index contributed by atoms with van der Waals surface area (Å²) in [4.78, 5) is 0. The molecule has 0 aliphatic heterocycles. The second kappa shape index (κ2) is 4.32. The summed E-state index contributed by atoms with van der Waals surface area (Å²) in [5, 5.41) is 2.99. The standard InChI is InChI=1S/C10H13Cl2N/c1-8-3-5-9(6-4-8)7-13-10(2,11)12/h3-6,13H,7H2,1-2H3. The van der Waals surface area contributed by atoms with E-state index in [9.17, 15) is 0 Å². The Balaban J connectivity index is 2.51. The maximum Gasteiger partial charge on any atom is 0.166 e. The Morgan fingerprint density at radius 1 is 1.23 bits per heavy atom. The first-order valence-corrected chi connectivity index (χ1v) is 4.91. The zero-order valence-corrected chi connectivity index (χ0v) is 9.28. The van der Waals surface area contributed by atoms with Crippen LogP contribution in [0.5, 0.6) is 0 Å². The van der Waals surface area contributed by atoms with Gasteiger partial charge in [-0.25, -0.2) is 0 Å². The number of rotatable bonds is 3. The van der Waals surface area contributed by atoms with E-state index in [1.807, 2.05) is 0 Å². The Morgan fingerprint density at radius 2 is 1.77 bits per heavy atom. The number of nitrogens with one attached hydrogen (secondary N) is 1. The van der Waals surface area contributed by atoms with E-state index in [0.717, 1.165) is 0 Å². The Labute approximate surface area is 89.0 Å². The molecule has 0 amide bonds. The van der Waals surface area contributed by atoms with Crippen LogP contribution in [0.1, 0.15) is 18.1 Å². The normalized spacial score (nSPS) is 11.7. The van der Waals surface area contributed by atoms with E-state index < -0.39 is 4.46 Å². The van der Waals surface area contributed by atoms with Gasteiger partial charge in [0.2, 0.25) is 0 Å². The SMILES string of the molecule is Cc1ccc(CNC(C)(Cl)Cl)cc1. The molecular formula is C10H13Cl2N. The molecule has 1 rings (SSSR count). The number of alkyl halides is 2. The van der Waals surface area contributed by atoms with E-state index in [1.165, 1.54) is 11.1 Å². The third kappa shape index (κ3) is 4.51. The van der Waals surface area contributed by atoms with E-state index in [2.05, 4.69) is 36.5 Å². The van der Waals surface area contributed by atoms with Gasteiger partial charge in [-0.1, -0.05) is 53.0 Å². The van der Waals surface area contributed by atoms with Crippen LogP contribution in [0.4, 0.5) is 0 Å². The van der Waals surface area contributed by atoms with Crippen LogP contribution in [0.25, 0.3) is 0 Å². The highest BCUT2D eigenvalue weighted by atomic mass is 35.5. The van der Waals surface area contributed by atoms with Gasteiger partial charge in [0, 0.05) is 6.54 Å². The van der Waals surface area contributed by atoms with E-state index in [1.54, 1.807) is 6.92 Å². The van der Waals surface area contributed by atoms with Crippen molar-refractivity contribution < 1.29 is 0 Å². The van der Waals surface area contributed by atoms with Crippen molar-refractivity contribution in [3.05, 3.63) is 35.4 Å². The molecule has 0 bridgehead atoms. The quantitative estimate of drug-likeness (QED) is 0.606. The van der Waals surface area contributed by atoms with E-state index in [4.69, 9.17) is 23.2 Å². The zero-order valence-electron chi connectivity index (χ0n) is 7.77. The molecule has 0 saturated carbocycles. The molecule has 0 aliphatic carbocycles. The number of halogens is 2. The van der Waals surface area contributed by atoms with Gasteiger partial charge in [0.05, 0.1) is 0 Å². The molecule has 0 aliphatic rings. The molecule has 0 fully saturated rings. The second-order valence-corrected chi connectivity index (χ2v) is 4.93. The maximum absolute atomic E-state index is 5.77. The van der Waals surface area contributed by atoms with E-state index in [-0.39, 0.29) is 0 Å². The second-order valence-electron chi connectivity index (χ2n) is 3.23. The molecular weight excluding hydrogens is 205 g/mol. The van der Waals surface area contributed by atoms with Gasteiger partial charge in [0.1, 0.15) is 0 Å². The van der Waals surface area contributed by atoms with Crippen LogP contribution in [0.3, 0.4) is 0 Å². The molecule has 72 valence electrons. The summed E-state index contributed by atoms with van der Waals surface area (Å²) in [7, 11) is 0. The summed E-state index contributed by atoms with van der Waals surface area (Å²) in [6.45, 7) is 4.46. The van der Waals surface area contributed by atoms with Gasteiger partial charge in [0.15, 0.2) is 4.46 Å². The minimum atomic E-state index is -0.856. The third-order valence-electron chi connectivity index (χ3n) is 1.72. The maximum atomic E-state index is 5.77. The van der Waals surface area contributed by atoms with Crippen molar-refractivity contribution in [1.29, 1.82) is 0 Å². The predicted molar refractivity (Wildman–Crippen MR) is 58.1 cm³/mol. The first-order chi connectivity index (χ1) is 5.97. The predicted octanol–water partition coefficient (Wildman–Crippen LogP) is 3.24. The molecule has 13 heavy (non-hydrogen) atoms. The average Bonchev–Trinajstić information content (AvgIpc) is 2.02. The molecule has 0 radical (unpaired) electrons. The van der Waals surface area contributed by atoms with Gasteiger partial charge in [-0.2, -0.15) is 0 Å². The fraction of sp³-hybridized carbons (Fsp3) is 0.400. The fourth-order valence-electron chi connectivity index (χ4n) is 0.963. The van der Waals surface area contributed by atoms with Crippen LogP contribution >= 0.6 is 23.2 Å². The summed E-state index contributed by atoms with van der Waals surface area (Å²) in [5.41, 5.74) is 2.43. The summed E-state index contributed by atoms with van der Waals surface area (Å²) in [5.74, 6) is 0. The van der Waals surface area contributed by atoms with Crippen molar-refractivity contribution >= 4 is 23.2 Å². The summed E-state index contributed by atoms with van der Waals surface area (Å²) >= 11 is 11.5. The van der Waals surface area contributed by atoms with E-state index in [0.29, 0.717) is 6.54 Å². The van der Waals surface area contributed by atoms with Crippen molar-refractivity contribution in [3.63, 3.8) is 0 Å². The summed E-state index contributed by atoms with van der Waals surface area (Å²) < 4.78 is -0.856. The number of benzene rings is 1.